The number of terminal acetylenes is 1. The molecule has 0 bridgehead atoms. The number of nitrogens with one attached hydrogen (secondary N) is 4. The molecule has 2 rings (SSSR count). The Hall–Kier alpha value is -4.33. The quantitative estimate of drug-likeness (QED) is 0.260. The van der Waals surface area contributed by atoms with Crippen molar-refractivity contribution < 1.29 is 28.7 Å². The van der Waals surface area contributed by atoms with E-state index < -0.39 is 41.9 Å². The summed E-state index contributed by atoms with van der Waals surface area (Å²) in [5.74, 6) is -0.123. The Balaban J connectivity index is 2.09. The highest BCUT2D eigenvalue weighted by atomic mass is 16.6. The van der Waals surface area contributed by atoms with E-state index in [-0.39, 0.29) is 49.8 Å². The number of ether oxygens (including phenoxy) is 1. The molecule has 1 aromatic carbocycles. The van der Waals surface area contributed by atoms with Crippen LogP contribution >= 0.6 is 0 Å². The van der Waals surface area contributed by atoms with Crippen LogP contribution in [0.4, 0.5) is 4.79 Å². The molecule has 0 unspecified atom stereocenters. The lowest BCUT2D eigenvalue weighted by molar-refractivity contribution is -0.134. The van der Waals surface area contributed by atoms with E-state index in [1.165, 1.54) is 11.0 Å². The van der Waals surface area contributed by atoms with E-state index in [0.717, 1.165) is 5.56 Å². The number of benzene rings is 1. The number of rotatable bonds is 13. The van der Waals surface area contributed by atoms with Crippen LogP contribution in [0, 0.1) is 30.1 Å². The minimum atomic E-state index is -0.936. The minimum absolute atomic E-state index is 0.0323. The number of hydrogen-bond acceptors (Lipinski definition) is 7. The van der Waals surface area contributed by atoms with E-state index in [1.807, 2.05) is 44.2 Å². The highest BCUT2D eigenvalue weighted by Gasteiger charge is 2.34. The van der Waals surface area contributed by atoms with Gasteiger partial charge >= 0.3 is 6.09 Å². The Morgan fingerprint density at radius 3 is 1.95 bits per heavy atom. The SMILES string of the molecule is C#CCNC(=O)[C@@H](NC(=O)[C@@H](NC(=O)[C@@H](NC1=CC(=O)CN(C(=O)OCc2ccccc2)C1)C(C)C)C(C)C)C(C)C. The molecule has 1 aliphatic heterocycles. The Bertz CT molecular complexity index is 1190. The van der Waals surface area contributed by atoms with E-state index in [9.17, 15) is 24.0 Å². The lowest BCUT2D eigenvalue weighted by Crippen LogP contribution is -2.59. The van der Waals surface area contributed by atoms with Gasteiger partial charge in [0, 0.05) is 11.8 Å². The Morgan fingerprint density at radius 1 is 0.857 bits per heavy atom. The van der Waals surface area contributed by atoms with Gasteiger partial charge in [-0.3, -0.25) is 24.1 Å². The van der Waals surface area contributed by atoms with Gasteiger partial charge in [-0.15, -0.1) is 6.42 Å². The zero-order valence-electron chi connectivity index (χ0n) is 25.2. The Labute approximate surface area is 248 Å². The third kappa shape index (κ3) is 10.3. The predicted octanol–water partition coefficient (Wildman–Crippen LogP) is 1.74. The van der Waals surface area contributed by atoms with Crippen molar-refractivity contribution in [1.29, 1.82) is 0 Å². The summed E-state index contributed by atoms with van der Waals surface area (Å²) in [6.07, 6.45) is 5.96. The highest BCUT2D eigenvalue weighted by Crippen LogP contribution is 2.14. The summed E-state index contributed by atoms with van der Waals surface area (Å²) < 4.78 is 5.37. The maximum absolute atomic E-state index is 13.5. The van der Waals surface area contributed by atoms with Crippen LogP contribution in [-0.4, -0.2) is 72.3 Å². The minimum Gasteiger partial charge on any atom is -0.445 e. The summed E-state index contributed by atoms with van der Waals surface area (Å²) in [6, 6.07) is 6.59. The predicted molar refractivity (Wildman–Crippen MR) is 158 cm³/mol. The second-order valence-electron chi connectivity index (χ2n) is 11.3. The van der Waals surface area contributed by atoms with Gasteiger partial charge in [0.05, 0.1) is 19.6 Å². The van der Waals surface area contributed by atoms with Gasteiger partial charge in [0.2, 0.25) is 17.7 Å². The van der Waals surface area contributed by atoms with Gasteiger partial charge in [-0.2, -0.15) is 0 Å². The molecule has 0 saturated carbocycles. The number of carbonyl (C=O) groups excluding carboxylic acids is 5. The topological polar surface area (TPSA) is 146 Å². The van der Waals surface area contributed by atoms with E-state index in [4.69, 9.17) is 11.2 Å². The normalized spacial score (nSPS) is 15.3. The number of ketones is 1. The molecule has 0 saturated heterocycles. The zero-order chi connectivity index (χ0) is 31.4. The molecule has 11 heteroatoms. The molecule has 0 aromatic heterocycles. The van der Waals surface area contributed by atoms with Crippen molar-refractivity contribution in [3.8, 4) is 12.3 Å². The first-order chi connectivity index (χ1) is 19.8. The monoisotopic (exact) mass is 581 g/mol. The molecule has 11 nitrogen and oxygen atoms in total. The third-order valence-electron chi connectivity index (χ3n) is 6.65. The number of amides is 4. The van der Waals surface area contributed by atoms with Gasteiger partial charge < -0.3 is 26.0 Å². The van der Waals surface area contributed by atoms with E-state index >= 15 is 0 Å². The molecule has 228 valence electrons. The van der Waals surface area contributed by atoms with Crippen LogP contribution in [0.15, 0.2) is 42.1 Å². The van der Waals surface area contributed by atoms with Gasteiger partial charge in [-0.05, 0) is 23.3 Å². The molecule has 0 aliphatic carbocycles. The van der Waals surface area contributed by atoms with Gasteiger partial charge in [0.15, 0.2) is 5.78 Å². The Morgan fingerprint density at radius 2 is 1.40 bits per heavy atom. The van der Waals surface area contributed by atoms with Crippen molar-refractivity contribution in [2.24, 2.45) is 17.8 Å². The van der Waals surface area contributed by atoms with Crippen LogP contribution in [0.1, 0.15) is 47.1 Å². The largest absolute Gasteiger partial charge is 0.445 e. The van der Waals surface area contributed by atoms with Crippen LogP contribution in [0.3, 0.4) is 0 Å². The van der Waals surface area contributed by atoms with Crippen molar-refractivity contribution in [3.63, 3.8) is 0 Å². The summed E-state index contributed by atoms with van der Waals surface area (Å²) in [5.41, 5.74) is 1.20. The first-order valence-corrected chi connectivity index (χ1v) is 14.1. The molecule has 0 radical (unpaired) electrons. The van der Waals surface area contributed by atoms with Gasteiger partial charge in [-0.25, -0.2) is 4.79 Å². The molecule has 1 heterocycles. The summed E-state index contributed by atoms with van der Waals surface area (Å²) in [7, 11) is 0. The average Bonchev–Trinajstić information content (AvgIpc) is 2.94. The third-order valence-corrected chi connectivity index (χ3v) is 6.65. The summed E-state index contributed by atoms with van der Waals surface area (Å²) >= 11 is 0. The highest BCUT2D eigenvalue weighted by molar-refractivity contribution is 5.96. The van der Waals surface area contributed by atoms with Crippen LogP contribution in [-0.2, 0) is 30.5 Å². The van der Waals surface area contributed by atoms with Crippen molar-refractivity contribution in [2.45, 2.75) is 66.3 Å². The second-order valence-corrected chi connectivity index (χ2v) is 11.3. The fraction of sp³-hybridized carbons (Fsp3) is 0.516. The van der Waals surface area contributed by atoms with Crippen LogP contribution in [0.5, 0.6) is 0 Å². The lowest BCUT2D eigenvalue weighted by Gasteiger charge is -2.32. The average molecular weight is 582 g/mol. The second kappa shape index (κ2) is 16.2. The van der Waals surface area contributed by atoms with E-state index in [0.29, 0.717) is 5.70 Å². The van der Waals surface area contributed by atoms with Gasteiger partial charge in [0.25, 0.3) is 0 Å². The Kier molecular flexibility index (Phi) is 13.1. The first kappa shape index (κ1) is 33.9. The van der Waals surface area contributed by atoms with Crippen LogP contribution in [0.2, 0.25) is 0 Å². The maximum Gasteiger partial charge on any atom is 0.410 e. The molecular weight excluding hydrogens is 538 g/mol. The molecule has 4 N–H and O–H groups in total. The molecule has 42 heavy (non-hydrogen) atoms. The number of nitrogens with zero attached hydrogens (tertiary/aromatic N) is 1. The fourth-order valence-electron chi connectivity index (χ4n) is 4.30. The lowest BCUT2D eigenvalue weighted by atomic mass is 9.97. The molecule has 1 aliphatic rings. The summed E-state index contributed by atoms with van der Waals surface area (Å²) in [6.45, 7) is 10.8. The van der Waals surface area contributed by atoms with Gasteiger partial charge in [0.1, 0.15) is 24.7 Å². The molecule has 0 fully saturated rings. The smallest absolute Gasteiger partial charge is 0.410 e. The first-order valence-electron chi connectivity index (χ1n) is 14.1. The molecular formula is C31H43N5O6. The number of hydrogen-bond donors (Lipinski definition) is 4. The van der Waals surface area contributed by atoms with Crippen LogP contribution < -0.4 is 21.3 Å². The van der Waals surface area contributed by atoms with Gasteiger partial charge in [-0.1, -0.05) is 77.8 Å². The van der Waals surface area contributed by atoms with Crippen LogP contribution in [0.25, 0.3) is 0 Å². The van der Waals surface area contributed by atoms with Crippen molar-refractivity contribution in [3.05, 3.63) is 47.7 Å². The standard InChI is InChI=1S/C31H43N5O6/c1-8-14-32-28(38)25(19(2)3)34-30(40)27(21(6)7)35-29(39)26(20(4)5)33-23-15-24(37)17-36(16-23)31(41)42-18-22-12-10-9-11-13-22/h1,9-13,15,19-21,25-27,33H,14,16-18H2,2-7H3,(H,32,38)(H,34,40)(H,35,39)/t25-,26-,27-/m0/s1. The molecule has 0 spiro atoms. The zero-order valence-corrected chi connectivity index (χ0v) is 25.2. The fourth-order valence-corrected chi connectivity index (χ4v) is 4.30. The van der Waals surface area contributed by atoms with Crippen molar-refractivity contribution >= 4 is 29.6 Å². The van der Waals surface area contributed by atoms with E-state index in [2.05, 4.69) is 27.2 Å². The number of carbonyl (C=O) groups is 5. The summed E-state index contributed by atoms with van der Waals surface area (Å²) in [4.78, 5) is 65.6. The van der Waals surface area contributed by atoms with Crippen molar-refractivity contribution in [1.82, 2.24) is 26.2 Å². The summed E-state index contributed by atoms with van der Waals surface area (Å²) in [5, 5.41) is 11.2. The molecule has 4 amide bonds. The molecule has 1 aromatic rings. The molecule has 3 atom stereocenters. The van der Waals surface area contributed by atoms with Crippen molar-refractivity contribution in [2.75, 3.05) is 19.6 Å². The van der Waals surface area contributed by atoms with E-state index in [1.54, 1.807) is 27.7 Å². The maximum atomic E-state index is 13.5.